The number of nitrogens with one attached hydrogen (secondary N) is 1. The van der Waals surface area contributed by atoms with E-state index in [0.717, 1.165) is 15.9 Å². The lowest BCUT2D eigenvalue weighted by molar-refractivity contribution is 0.873. The summed E-state index contributed by atoms with van der Waals surface area (Å²) in [6.07, 6.45) is 1.74. The molecule has 2 rings (SSSR count). The van der Waals surface area contributed by atoms with Gasteiger partial charge in [-0.25, -0.2) is 4.98 Å². The fourth-order valence-electron chi connectivity index (χ4n) is 1.63. The van der Waals surface area contributed by atoms with E-state index in [4.69, 9.17) is 23.2 Å². The Morgan fingerprint density at radius 3 is 2.72 bits per heavy atom. The second-order valence-electron chi connectivity index (χ2n) is 3.87. The number of halogens is 3. The Balaban J connectivity index is 2.22. The number of anilines is 1. The van der Waals surface area contributed by atoms with Gasteiger partial charge in [0.05, 0.1) is 10.5 Å². The summed E-state index contributed by atoms with van der Waals surface area (Å²) in [6, 6.07) is 9.33. The predicted octanol–water partition coefficient (Wildman–Crippen LogP) is 5.32. The number of benzene rings is 1. The maximum Gasteiger partial charge on any atom is 0.140 e. The van der Waals surface area contributed by atoms with Crippen molar-refractivity contribution in [3.63, 3.8) is 0 Å². The van der Waals surface area contributed by atoms with Crippen molar-refractivity contribution in [2.75, 3.05) is 5.32 Å². The van der Waals surface area contributed by atoms with Crippen LogP contribution in [0.4, 0.5) is 5.82 Å². The van der Waals surface area contributed by atoms with Gasteiger partial charge in [-0.1, -0.05) is 29.3 Å². The number of aromatic nitrogens is 1. The van der Waals surface area contributed by atoms with E-state index in [1.165, 1.54) is 0 Å². The van der Waals surface area contributed by atoms with E-state index in [1.807, 2.05) is 31.2 Å². The third kappa shape index (κ3) is 3.16. The molecule has 1 atom stereocenters. The Bertz CT molecular complexity index is 560. The minimum atomic E-state index is 0.0426. The van der Waals surface area contributed by atoms with Crippen molar-refractivity contribution in [3.8, 4) is 0 Å². The van der Waals surface area contributed by atoms with Crippen LogP contribution in [-0.4, -0.2) is 4.98 Å². The highest BCUT2D eigenvalue weighted by molar-refractivity contribution is 9.10. The fourth-order valence-corrected chi connectivity index (χ4v) is 2.57. The van der Waals surface area contributed by atoms with E-state index in [1.54, 1.807) is 12.3 Å². The van der Waals surface area contributed by atoms with Crippen molar-refractivity contribution in [3.05, 3.63) is 56.6 Å². The van der Waals surface area contributed by atoms with Gasteiger partial charge in [-0.15, -0.1) is 0 Å². The molecule has 0 saturated carbocycles. The highest BCUT2D eigenvalue weighted by Crippen LogP contribution is 2.29. The normalized spacial score (nSPS) is 12.2. The van der Waals surface area contributed by atoms with Crippen LogP contribution in [0.5, 0.6) is 0 Å². The van der Waals surface area contributed by atoms with E-state index >= 15 is 0 Å². The van der Waals surface area contributed by atoms with Crippen LogP contribution in [0.1, 0.15) is 18.5 Å². The molecule has 1 heterocycles. The summed E-state index contributed by atoms with van der Waals surface area (Å²) in [5.41, 5.74) is 0.985. The number of pyridine rings is 1. The van der Waals surface area contributed by atoms with Gasteiger partial charge in [0.25, 0.3) is 0 Å². The Morgan fingerprint density at radius 2 is 2.06 bits per heavy atom. The van der Waals surface area contributed by atoms with Crippen LogP contribution in [0.3, 0.4) is 0 Å². The summed E-state index contributed by atoms with van der Waals surface area (Å²) >= 11 is 15.5. The molecule has 0 bridgehead atoms. The highest BCUT2D eigenvalue weighted by Gasteiger charge is 2.11. The third-order valence-corrected chi connectivity index (χ3v) is 3.74. The van der Waals surface area contributed by atoms with Gasteiger partial charge in [-0.3, -0.25) is 0 Å². The number of hydrogen-bond donors (Lipinski definition) is 1. The van der Waals surface area contributed by atoms with Crippen LogP contribution in [-0.2, 0) is 0 Å². The molecule has 0 saturated heterocycles. The monoisotopic (exact) mass is 344 g/mol. The molecule has 2 nitrogen and oxygen atoms in total. The van der Waals surface area contributed by atoms with Crippen LogP contribution in [0, 0.1) is 0 Å². The zero-order chi connectivity index (χ0) is 13.1. The zero-order valence-corrected chi connectivity index (χ0v) is 12.7. The van der Waals surface area contributed by atoms with Crippen molar-refractivity contribution in [1.82, 2.24) is 4.98 Å². The number of hydrogen-bond acceptors (Lipinski definition) is 2. The Hall–Kier alpha value is -0.770. The van der Waals surface area contributed by atoms with Gasteiger partial charge in [-0.2, -0.15) is 0 Å². The molecular weight excluding hydrogens is 335 g/mol. The summed E-state index contributed by atoms with van der Waals surface area (Å²) in [5.74, 6) is 0.788. The smallest absolute Gasteiger partial charge is 0.140 e. The van der Waals surface area contributed by atoms with Crippen LogP contribution < -0.4 is 5.32 Å². The first kappa shape index (κ1) is 13.7. The average Bonchev–Trinajstić information content (AvgIpc) is 2.32. The molecule has 1 aromatic heterocycles. The maximum absolute atomic E-state index is 6.17. The highest BCUT2D eigenvalue weighted by atomic mass is 79.9. The summed E-state index contributed by atoms with van der Waals surface area (Å²) in [6.45, 7) is 2.02. The van der Waals surface area contributed by atoms with Crippen LogP contribution >= 0.6 is 39.1 Å². The van der Waals surface area contributed by atoms with E-state index < -0.39 is 0 Å². The first-order chi connectivity index (χ1) is 8.58. The molecule has 1 N–H and O–H groups in total. The van der Waals surface area contributed by atoms with Gasteiger partial charge in [0.1, 0.15) is 5.82 Å². The van der Waals surface area contributed by atoms with E-state index in [0.29, 0.717) is 10.0 Å². The molecule has 0 amide bonds. The molecule has 94 valence electrons. The fraction of sp³-hybridized carbons (Fsp3) is 0.154. The quantitative estimate of drug-likeness (QED) is 0.813. The Morgan fingerprint density at radius 1 is 1.28 bits per heavy atom. The standard InChI is InChI=1S/C13H11BrCl2N2/c1-8(10-5-4-9(15)7-12(10)16)18-13-11(14)3-2-6-17-13/h2-8H,1H3,(H,17,18). The zero-order valence-electron chi connectivity index (χ0n) is 9.62. The lowest BCUT2D eigenvalue weighted by Crippen LogP contribution is -2.08. The molecule has 18 heavy (non-hydrogen) atoms. The topological polar surface area (TPSA) is 24.9 Å². The molecule has 2 aromatic rings. The van der Waals surface area contributed by atoms with Crippen LogP contribution in [0.15, 0.2) is 41.0 Å². The number of rotatable bonds is 3. The molecule has 1 unspecified atom stereocenters. The third-order valence-electron chi connectivity index (χ3n) is 2.54. The van der Waals surface area contributed by atoms with Crippen LogP contribution in [0.2, 0.25) is 10.0 Å². The largest absolute Gasteiger partial charge is 0.363 e. The van der Waals surface area contributed by atoms with Crippen molar-refractivity contribution in [2.45, 2.75) is 13.0 Å². The van der Waals surface area contributed by atoms with Gasteiger partial charge in [-0.05, 0) is 52.7 Å². The predicted molar refractivity (Wildman–Crippen MR) is 80.4 cm³/mol. The first-order valence-corrected chi connectivity index (χ1v) is 6.95. The van der Waals surface area contributed by atoms with E-state index in [9.17, 15) is 0 Å². The summed E-state index contributed by atoms with van der Waals surface area (Å²) in [5, 5.41) is 4.58. The summed E-state index contributed by atoms with van der Waals surface area (Å²) in [4.78, 5) is 4.26. The molecule has 1 aromatic carbocycles. The van der Waals surface area contributed by atoms with Crippen molar-refractivity contribution in [1.29, 1.82) is 0 Å². The molecule has 0 spiro atoms. The minimum Gasteiger partial charge on any atom is -0.363 e. The molecule has 5 heteroatoms. The average molecular weight is 346 g/mol. The minimum absolute atomic E-state index is 0.0426. The van der Waals surface area contributed by atoms with E-state index in [-0.39, 0.29) is 6.04 Å². The SMILES string of the molecule is CC(Nc1ncccc1Br)c1ccc(Cl)cc1Cl. The maximum atomic E-state index is 6.17. The lowest BCUT2D eigenvalue weighted by Gasteiger charge is -2.17. The molecular formula is C13H11BrCl2N2. The van der Waals surface area contributed by atoms with Gasteiger partial charge in [0, 0.05) is 16.2 Å². The lowest BCUT2D eigenvalue weighted by atomic mass is 10.1. The van der Waals surface area contributed by atoms with Crippen LogP contribution in [0.25, 0.3) is 0 Å². The first-order valence-electron chi connectivity index (χ1n) is 5.40. The Labute approximate surface area is 124 Å². The van der Waals surface area contributed by atoms with Crippen molar-refractivity contribution in [2.24, 2.45) is 0 Å². The van der Waals surface area contributed by atoms with Crippen molar-refractivity contribution < 1.29 is 0 Å². The molecule has 0 radical (unpaired) electrons. The van der Waals surface area contributed by atoms with Gasteiger partial charge in [0.15, 0.2) is 0 Å². The van der Waals surface area contributed by atoms with E-state index in [2.05, 4.69) is 26.2 Å². The van der Waals surface area contributed by atoms with Gasteiger partial charge < -0.3 is 5.32 Å². The van der Waals surface area contributed by atoms with Gasteiger partial charge >= 0.3 is 0 Å². The van der Waals surface area contributed by atoms with Gasteiger partial charge in [0.2, 0.25) is 0 Å². The molecule has 0 aliphatic heterocycles. The summed E-state index contributed by atoms with van der Waals surface area (Å²) in [7, 11) is 0. The second-order valence-corrected chi connectivity index (χ2v) is 5.56. The van der Waals surface area contributed by atoms with Crippen molar-refractivity contribution >= 4 is 44.9 Å². The summed E-state index contributed by atoms with van der Waals surface area (Å²) < 4.78 is 0.918. The molecule has 0 fully saturated rings. The second kappa shape index (κ2) is 5.91. The molecule has 0 aliphatic carbocycles. The molecule has 0 aliphatic rings. The number of nitrogens with zero attached hydrogens (tertiary/aromatic N) is 1. The Kier molecular flexibility index (Phi) is 4.49.